The van der Waals surface area contributed by atoms with E-state index in [2.05, 4.69) is 4.98 Å². The highest BCUT2D eigenvalue weighted by atomic mass is 35.5. The van der Waals surface area contributed by atoms with E-state index in [0.717, 1.165) is 38.3 Å². The smallest absolute Gasteiger partial charge is 0.323 e. The summed E-state index contributed by atoms with van der Waals surface area (Å²) in [6.07, 6.45) is 1.60. The molecule has 0 spiro atoms. The van der Waals surface area contributed by atoms with E-state index >= 15 is 0 Å². The SMILES string of the molecule is O=C(O)CN1C(=O)/C(=C/c2cc3ccc4ccccc4c3nc2Cl)SC1=S. The zero-order valence-corrected chi connectivity index (χ0v) is 16.1. The second-order valence-corrected chi connectivity index (χ2v) is 7.92. The van der Waals surface area contributed by atoms with Gasteiger partial charge in [0, 0.05) is 16.3 Å². The number of fused-ring (bicyclic) bond motifs is 3. The number of pyridine rings is 1. The molecular formula is C19H11ClN2O3S2. The van der Waals surface area contributed by atoms with E-state index in [1.807, 2.05) is 42.5 Å². The van der Waals surface area contributed by atoms with Gasteiger partial charge in [0.2, 0.25) is 0 Å². The van der Waals surface area contributed by atoms with Crippen LogP contribution in [-0.2, 0) is 9.59 Å². The number of thioether (sulfide) groups is 1. The number of hydrogen-bond donors (Lipinski definition) is 1. The van der Waals surface area contributed by atoms with Gasteiger partial charge in [-0.1, -0.05) is 72.0 Å². The summed E-state index contributed by atoms with van der Waals surface area (Å²) in [7, 11) is 0. The standard InChI is InChI=1S/C19H11ClN2O3S2/c20-17-12(8-14-18(25)22(9-15(23)24)19(26)27-14)7-11-6-5-10-3-1-2-4-13(10)16(11)21-17/h1-8H,9H2,(H,23,24)/b14-8-. The van der Waals surface area contributed by atoms with Gasteiger partial charge in [-0.25, -0.2) is 4.98 Å². The van der Waals surface area contributed by atoms with Crippen LogP contribution in [-0.4, -0.2) is 37.7 Å². The molecule has 1 N–H and O–H groups in total. The maximum Gasteiger partial charge on any atom is 0.323 e. The van der Waals surface area contributed by atoms with Crippen LogP contribution < -0.4 is 0 Å². The molecule has 2 heterocycles. The number of halogens is 1. The Hall–Kier alpha value is -2.48. The number of amides is 1. The number of carbonyl (C=O) groups is 2. The van der Waals surface area contributed by atoms with E-state index in [1.54, 1.807) is 6.08 Å². The van der Waals surface area contributed by atoms with Crippen LogP contribution >= 0.6 is 35.6 Å². The molecule has 0 unspecified atom stereocenters. The summed E-state index contributed by atoms with van der Waals surface area (Å²) in [6, 6.07) is 13.7. The summed E-state index contributed by atoms with van der Waals surface area (Å²) in [6.45, 7) is -0.461. The van der Waals surface area contributed by atoms with Crippen molar-refractivity contribution in [2.75, 3.05) is 6.54 Å². The second-order valence-electron chi connectivity index (χ2n) is 5.89. The normalized spacial score (nSPS) is 16.0. The monoisotopic (exact) mass is 414 g/mol. The number of carboxylic acid groups (broad SMARTS) is 1. The molecule has 0 bridgehead atoms. The summed E-state index contributed by atoms with van der Waals surface area (Å²) >= 11 is 12.5. The number of carbonyl (C=O) groups excluding carboxylic acids is 1. The number of thiocarbonyl (C=S) groups is 1. The summed E-state index contributed by atoms with van der Waals surface area (Å²) in [5.74, 6) is -1.56. The van der Waals surface area contributed by atoms with Crippen LogP contribution in [0.3, 0.4) is 0 Å². The summed E-state index contributed by atoms with van der Waals surface area (Å²) in [5, 5.41) is 12.1. The third kappa shape index (κ3) is 3.29. The van der Waals surface area contributed by atoms with Crippen molar-refractivity contribution in [1.29, 1.82) is 0 Å². The first kappa shape index (κ1) is 17.9. The molecule has 2 aromatic carbocycles. The van der Waals surface area contributed by atoms with Crippen LogP contribution in [0.5, 0.6) is 0 Å². The Morgan fingerprint density at radius 2 is 2.00 bits per heavy atom. The van der Waals surface area contributed by atoms with Crippen molar-refractivity contribution in [3.8, 4) is 0 Å². The van der Waals surface area contributed by atoms with Crippen molar-refractivity contribution >= 4 is 79.5 Å². The predicted molar refractivity (Wildman–Crippen MR) is 112 cm³/mol. The molecule has 5 nitrogen and oxygen atoms in total. The maximum absolute atomic E-state index is 12.4. The predicted octanol–water partition coefficient (Wildman–Crippen LogP) is 4.33. The fraction of sp³-hybridized carbons (Fsp3) is 0.0526. The third-order valence-electron chi connectivity index (χ3n) is 4.14. The quantitative estimate of drug-likeness (QED) is 0.298. The molecule has 8 heteroatoms. The van der Waals surface area contributed by atoms with E-state index in [9.17, 15) is 9.59 Å². The molecule has 134 valence electrons. The lowest BCUT2D eigenvalue weighted by molar-refractivity contribution is -0.140. The van der Waals surface area contributed by atoms with E-state index in [0.29, 0.717) is 10.5 Å². The van der Waals surface area contributed by atoms with Crippen LogP contribution in [0.1, 0.15) is 5.56 Å². The Labute approximate surface area is 168 Å². The number of rotatable bonds is 3. The van der Waals surface area contributed by atoms with E-state index < -0.39 is 18.4 Å². The van der Waals surface area contributed by atoms with Gasteiger partial charge in [-0.3, -0.25) is 14.5 Å². The zero-order chi connectivity index (χ0) is 19.1. The summed E-state index contributed by atoms with van der Waals surface area (Å²) < 4.78 is 0.213. The number of nitrogens with zero attached hydrogens (tertiary/aromatic N) is 2. The van der Waals surface area contributed by atoms with Gasteiger partial charge in [0.05, 0.1) is 10.4 Å². The minimum atomic E-state index is -1.12. The molecule has 1 amide bonds. The molecule has 27 heavy (non-hydrogen) atoms. The lowest BCUT2D eigenvalue weighted by Gasteiger charge is -2.10. The van der Waals surface area contributed by atoms with Gasteiger partial charge in [-0.15, -0.1) is 0 Å². The molecule has 1 fully saturated rings. The van der Waals surface area contributed by atoms with Crippen molar-refractivity contribution < 1.29 is 14.7 Å². The highest BCUT2D eigenvalue weighted by molar-refractivity contribution is 8.26. The van der Waals surface area contributed by atoms with Crippen molar-refractivity contribution in [2.45, 2.75) is 0 Å². The van der Waals surface area contributed by atoms with E-state index in [1.165, 1.54) is 0 Å². The third-order valence-corrected chi connectivity index (χ3v) is 5.83. The Bertz CT molecular complexity index is 1180. The Kier molecular flexibility index (Phi) is 4.59. The number of hydrogen-bond acceptors (Lipinski definition) is 5. The summed E-state index contributed by atoms with van der Waals surface area (Å²) in [5.41, 5.74) is 1.36. The van der Waals surface area contributed by atoms with E-state index in [-0.39, 0.29) is 9.47 Å². The molecule has 1 aromatic heterocycles. The van der Waals surface area contributed by atoms with Gasteiger partial charge >= 0.3 is 5.97 Å². The summed E-state index contributed by atoms with van der Waals surface area (Å²) in [4.78, 5) is 29.2. The molecule has 0 aliphatic carbocycles. The number of carboxylic acids is 1. The van der Waals surface area contributed by atoms with Crippen molar-refractivity contribution in [3.63, 3.8) is 0 Å². The molecule has 4 rings (SSSR count). The van der Waals surface area contributed by atoms with Crippen LogP contribution in [0, 0.1) is 0 Å². The minimum Gasteiger partial charge on any atom is -0.480 e. The fourth-order valence-corrected chi connectivity index (χ4v) is 4.36. The number of aliphatic carboxylic acids is 1. The van der Waals surface area contributed by atoms with Crippen LogP contribution in [0.15, 0.2) is 47.4 Å². The van der Waals surface area contributed by atoms with Gasteiger partial charge in [0.25, 0.3) is 5.91 Å². The number of benzene rings is 2. The Balaban J connectivity index is 1.78. The van der Waals surface area contributed by atoms with Gasteiger partial charge < -0.3 is 5.11 Å². The largest absolute Gasteiger partial charge is 0.480 e. The van der Waals surface area contributed by atoms with Crippen molar-refractivity contribution in [1.82, 2.24) is 9.88 Å². The lowest BCUT2D eigenvalue weighted by Crippen LogP contribution is -2.33. The lowest BCUT2D eigenvalue weighted by atomic mass is 10.0. The van der Waals surface area contributed by atoms with Crippen LogP contribution in [0.4, 0.5) is 0 Å². The second kappa shape index (κ2) is 6.92. The molecule has 0 radical (unpaired) electrons. The van der Waals surface area contributed by atoms with Crippen molar-refractivity contribution in [2.24, 2.45) is 0 Å². The first-order valence-corrected chi connectivity index (χ1v) is 9.49. The van der Waals surface area contributed by atoms with Gasteiger partial charge in [0.15, 0.2) is 0 Å². The highest BCUT2D eigenvalue weighted by Gasteiger charge is 2.33. The molecular weight excluding hydrogens is 404 g/mol. The first-order chi connectivity index (χ1) is 12.9. The zero-order valence-electron chi connectivity index (χ0n) is 13.7. The molecule has 3 aromatic rings. The minimum absolute atomic E-state index is 0.213. The fourth-order valence-electron chi connectivity index (χ4n) is 2.92. The maximum atomic E-state index is 12.4. The average molecular weight is 415 g/mol. The molecule has 0 saturated carbocycles. The van der Waals surface area contributed by atoms with Gasteiger partial charge in [-0.2, -0.15) is 0 Å². The molecule has 1 aliphatic heterocycles. The topological polar surface area (TPSA) is 70.5 Å². The highest BCUT2D eigenvalue weighted by Crippen LogP contribution is 2.34. The molecule has 1 saturated heterocycles. The van der Waals surface area contributed by atoms with Crippen LogP contribution in [0.25, 0.3) is 27.8 Å². The number of aromatic nitrogens is 1. The van der Waals surface area contributed by atoms with Crippen molar-refractivity contribution in [3.05, 3.63) is 58.1 Å². The Morgan fingerprint density at radius 3 is 2.78 bits per heavy atom. The molecule has 0 atom stereocenters. The van der Waals surface area contributed by atoms with Crippen LogP contribution in [0.2, 0.25) is 5.15 Å². The average Bonchev–Trinajstić information content (AvgIpc) is 2.89. The first-order valence-electron chi connectivity index (χ1n) is 7.89. The Morgan fingerprint density at radius 1 is 1.26 bits per heavy atom. The van der Waals surface area contributed by atoms with Gasteiger partial charge in [0.1, 0.15) is 16.0 Å². The van der Waals surface area contributed by atoms with Gasteiger partial charge in [-0.05, 0) is 17.5 Å². The van der Waals surface area contributed by atoms with E-state index in [4.69, 9.17) is 28.9 Å². The molecule has 1 aliphatic rings.